The molecule has 0 spiro atoms. The molecule has 0 aromatic carbocycles. The van der Waals surface area contributed by atoms with Gasteiger partial charge in [-0.05, 0) is 38.7 Å². The zero-order chi connectivity index (χ0) is 16.2. The van der Waals surface area contributed by atoms with Gasteiger partial charge >= 0.3 is 0 Å². The van der Waals surface area contributed by atoms with E-state index in [-0.39, 0.29) is 0 Å². The predicted octanol–water partition coefficient (Wildman–Crippen LogP) is 3.34. The Kier molecular flexibility index (Phi) is 4.42. The number of fused-ring (bicyclic) bond motifs is 1. The van der Waals surface area contributed by atoms with Crippen LogP contribution in [-0.4, -0.2) is 27.7 Å². The van der Waals surface area contributed by atoms with Crippen LogP contribution in [0, 0.1) is 17.2 Å². The molecule has 5 heteroatoms. The number of allylic oxidation sites excluding steroid dienone is 4. The van der Waals surface area contributed by atoms with Crippen molar-refractivity contribution in [3.8, 4) is 6.07 Å². The third-order valence-electron chi connectivity index (χ3n) is 4.59. The first-order valence-corrected chi connectivity index (χ1v) is 8.01. The number of piperidine rings is 1. The molecule has 2 aromatic heterocycles. The zero-order valence-corrected chi connectivity index (χ0v) is 13.6. The molecule has 2 aromatic rings. The summed E-state index contributed by atoms with van der Waals surface area (Å²) >= 11 is 0. The monoisotopic (exact) mass is 307 g/mol. The summed E-state index contributed by atoms with van der Waals surface area (Å²) in [6.07, 6.45) is 12.2. The minimum absolute atomic E-state index is 0.615. The van der Waals surface area contributed by atoms with Crippen LogP contribution in [0.15, 0.2) is 42.4 Å². The molecule has 1 aliphatic heterocycles. The summed E-state index contributed by atoms with van der Waals surface area (Å²) in [7, 11) is 0. The van der Waals surface area contributed by atoms with Gasteiger partial charge in [0, 0.05) is 19.3 Å². The molecule has 0 saturated carbocycles. The van der Waals surface area contributed by atoms with Crippen molar-refractivity contribution in [1.29, 1.82) is 5.26 Å². The van der Waals surface area contributed by atoms with E-state index in [4.69, 9.17) is 0 Å². The second-order valence-electron chi connectivity index (χ2n) is 5.95. The highest BCUT2D eigenvalue weighted by molar-refractivity contribution is 5.70. The smallest absolute Gasteiger partial charge is 0.180 e. The maximum atomic E-state index is 9.53. The molecule has 0 bridgehead atoms. The molecule has 118 valence electrons. The predicted molar refractivity (Wildman–Crippen MR) is 91.2 cm³/mol. The van der Waals surface area contributed by atoms with E-state index in [1.165, 1.54) is 5.57 Å². The average Bonchev–Trinajstić information content (AvgIpc) is 3.07. The number of hydrogen-bond donors (Lipinski definition) is 0. The van der Waals surface area contributed by atoms with Crippen LogP contribution < -0.4 is 4.90 Å². The van der Waals surface area contributed by atoms with Gasteiger partial charge in [0.15, 0.2) is 5.65 Å². The van der Waals surface area contributed by atoms with Gasteiger partial charge in [0.05, 0.1) is 5.69 Å². The van der Waals surface area contributed by atoms with Gasteiger partial charge in [0.2, 0.25) is 0 Å². The molecule has 3 heterocycles. The lowest BCUT2D eigenvalue weighted by Gasteiger charge is -2.34. The van der Waals surface area contributed by atoms with Crippen LogP contribution in [0.4, 0.5) is 5.69 Å². The normalized spacial score (nSPS) is 17.1. The Balaban J connectivity index is 1.79. The van der Waals surface area contributed by atoms with Gasteiger partial charge in [0.25, 0.3) is 0 Å². The van der Waals surface area contributed by atoms with Crippen LogP contribution in [0.2, 0.25) is 0 Å². The van der Waals surface area contributed by atoms with Crippen molar-refractivity contribution >= 4 is 11.3 Å². The number of rotatable bonds is 3. The average molecular weight is 307 g/mol. The van der Waals surface area contributed by atoms with Gasteiger partial charge in [-0.15, -0.1) is 10.2 Å². The Hall–Kier alpha value is -2.61. The van der Waals surface area contributed by atoms with Crippen molar-refractivity contribution in [2.75, 3.05) is 18.0 Å². The van der Waals surface area contributed by atoms with E-state index in [2.05, 4.69) is 46.3 Å². The van der Waals surface area contributed by atoms with E-state index in [1.54, 1.807) is 10.7 Å². The van der Waals surface area contributed by atoms with Gasteiger partial charge in [-0.1, -0.05) is 23.8 Å². The maximum absolute atomic E-state index is 9.53. The molecule has 3 rings (SSSR count). The first-order valence-electron chi connectivity index (χ1n) is 8.01. The third kappa shape index (κ3) is 2.98. The molecular formula is C18H21N5. The highest BCUT2D eigenvalue weighted by atomic mass is 15.2. The standard InChI is InChI=1S/C18H21N5/c1-3-4-5-14(2)15-6-9-22(10-7-15)17-8-11-23-13-20-21-18(23)16(17)12-19/h3-5,8,11,13,15H,6-7,9-10H2,1-2H3. The molecule has 0 aliphatic carbocycles. The largest absolute Gasteiger partial charge is 0.370 e. The Morgan fingerprint density at radius 1 is 1.39 bits per heavy atom. The number of anilines is 1. The fourth-order valence-corrected chi connectivity index (χ4v) is 3.21. The number of nitrogens with zero attached hydrogens (tertiary/aromatic N) is 5. The van der Waals surface area contributed by atoms with Gasteiger partial charge in [-0.3, -0.25) is 4.40 Å². The Morgan fingerprint density at radius 3 is 2.87 bits per heavy atom. The van der Waals surface area contributed by atoms with Crippen molar-refractivity contribution in [2.24, 2.45) is 5.92 Å². The van der Waals surface area contributed by atoms with E-state index in [0.717, 1.165) is 31.6 Å². The van der Waals surface area contributed by atoms with E-state index in [1.807, 2.05) is 19.2 Å². The Morgan fingerprint density at radius 2 is 2.17 bits per heavy atom. The topological polar surface area (TPSA) is 57.2 Å². The van der Waals surface area contributed by atoms with Crippen LogP contribution in [0.1, 0.15) is 32.3 Å². The summed E-state index contributed by atoms with van der Waals surface area (Å²) in [5.41, 5.74) is 3.67. The van der Waals surface area contributed by atoms with Crippen molar-refractivity contribution < 1.29 is 0 Å². The Bertz CT molecular complexity index is 785. The molecule has 1 saturated heterocycles. The van der Waals surface area contributed by atoms with Crippen LogP contribution in [0.3, 0.4) is 0 Å². The number of hydrogen-bond acceptors (Lipinski definition) is 4. The lowest BCUT2D eigenvalue weighted by atomic mass is 9.89. The third-order valence-corrected chi connectivity index (χ3v) is 4.59. The van der Waals surface area contributed by atoms with E-state index in [0.29, 0.717) is 17.1 Å². The second-order valence-corrected chi connectivity index (χ2v) is 5.95. The molecular weight excluding hydrogens is 286 g/mol. The molecule has 0 atom stereocenters. The van der Waals surface area contributed by atoms with Gasteiger partial charge in [0.1, 0.15) is 18.0 Å². The van der Waals surface area contributed by atoms with E-state index in [9.17, 15) is 5.26 Å². The number of pyridine rings is 1. The first kappa shape index (κ1) is 15.3. The number of aromatic nitrogens is 3. The van der Waals surface area contributed by atoms with Crippen molar-refractivity contribution in [3.05, 3.63) is 48.0 Å². The zero-order valence-electron chi connectivity index (χ0n) is 13.6. The Labute approximate surface area is 136 Å². The fourth-order valence-electron chi connectivity index (χ4n) is 3.21. The van der Waals surface area contributed by atoms with Crippen molar-refractivity contribution in [3.63, 3.8) is 0 Å². The minimum atomic E-state index is 0.615. The van der Waals surface area contributed by atoms with Crippen LogP contribution in [0.25, 0.3) is 5.65 Å². The maximum Gasteiger partial charge on any atom is 0.180 e. The molecule has 1 aliphatic rings. The van der Waals surface area contributed by atoms with Crippen LogP contribution >= 0.6 is 0 Å². The summed E-state index contributed by atoms with van der Waals surface area (Å²) in [5.74, 6) is 0.629. The van der Waals surface area contributed by atoms with E-state index >= 15 is 0 Å². The molecule has 0 amide bonds. The number of nitriles is 1. The van der Waals surface area contributed by atoms with Crippen LogP contribution in [0.5, 0.6) is 0 Å². The summed E-state index contributed by atoms with van der Waals surface area (Å²) in [4.78, 5) is 2.30. The molecule has 5 nitrogen and oxygen atoms in total. The molecule has 0 radical (unpaired) electrons. The van der Waals surface area contributed by atoms with E-state index < -0.39 is 0 Å². The summed E-state index contributed by atoms with van der Waals surface area (Å²) < 4.78 is 1.79. The van der Waals surface area contributed by atoms with Crippen molar-refractivity contribution in [2.45, 2.75) is 26.7 Å². The summed E-state index contributed by atoms with van der Waals surface area (Å²) in [5, 5.41) is 17.5. The molecule has 0 unspecified atom stereocenters. The highest BCUT2D eigenvalue weighted by Gasteiger charge is 2.23. The molecule has 1 fully saturated rings. The summed E-state index contributed by atoms with van der Waals surface area (Å²) in [6, 6.07) is 4.30. The molecule has 0 N–H and O–H groups in total. The van der Waals surface area contributed by atoms with Crippen LogP contribution in [-0.2, 0) is 0 Å². The fraction of sp³-hybridized carbons (Fsp3) is 0.389. The van der Waals surface area contributed by atoms with Gasteiger partial charge < -0.3 is 4.90 Å². The second kappa shape index (κ2) is 6.66. The minimum Gasteiger partial charge on any atom is -0.370 e. The van der Waals surface area contributed by atoms with Gasteiger partial charge in [-0.25, -0.2) is 0 Å². The van der Waals surface area contributed by atoms with Gasteiger partial charge in [-0.2, -0.15) is 5.26 Å². The lowest BCUT2D eigenvalue weighted by Crippen LogP contribution is -2.34. The highest BCUT2D eigenvalue weighted by Crippen LogP contribution is 2.30. The van der Waals surface area contributed by atoms with Crippen molar-refractivity contribution in [1.82, 2.24) is 14.6 Å². The quantitative estimate of drug-likeness (QED) is 0.816. The lowest BCUT2D eigenvalue weighted by molar-refractivity contribution is 0.458. The first-order chi connectivity index (χ1) is 11.2. The molecule has 23 heavy (non-hydrogen) atoms. The SMILES string of the molecule is CC=CC=C(C)C1CCN(c2ccn3cnnc3c2C#N)CC1. The summed E-state index contributed by atoms with van der Waals surface area (Å²) in [6.45, 7) is 6.18.